The van der Waals surface area contributed by atoms with E-state index in [-0.39, 0.29) is 38.2 Å². The highest BCUT2D eigenvalue weighted by molar-refractivity contribution is 9.10. The van der Waals surface area contributed by atoms with Crippen LogP contribution in [0.15, 0.2) is 74.9 Å². The maximum absolute atomic E-state index is 14.2. The van der Waals surface area contributed by atoms with Crippen LogP contribution in [0.2, 0.25) is 5.02 Å². The summed E-state index contributed by atoms with van der Waals surface area (Å²) >= 11 is 10.0. The molecule has 6 nitrogen and oxygen atoms in total. The number of thioether (sulfide) groups is 1. The van der Waals surface area contributed by atoms with E-state index in [1.165, 1.54) is 42.5 Å². The van der Waals surface area contributed by atoms with Crippen LogP contribution in [0.25, 0.3) is 6.08 Å². The first kappa shape index (κ1) is 25.4. The Labute approximate surface area is 219 Å². The van der Waals surface area contributed by atoms with Crippen LogP contribution in [0.3, 0.4) is 0 Å². The number of amides is 2. The Kier molecular flexibility index (Phi) is 7.37. The van der Waals surface area contributed by atoms with Crippen molar-refractivity contribution in [3.8, 4) is 5.75 Å². The fraction of sp³-hybridized carbons (Fsp3) is 0.0833. The minimum Gasteiger partial charge on any atom is -0.378 e. The molecule has 0 atom stereocenters. The lowest BCUT2D eigenvalue weighted by Crippen LogP contribution is -2.28. The fourth-order valence-corrected chi connectivity index (χ4v) is 5.58. The van der Waals surface area contributed by atoms with Crippen LogP contribution in [0.5, 0.6) is 5.75 Å². The number of imide groups is 1. The molecule has 0 radical (unpaired) electrons. The number of aryl methyl sites for hydroxylation is 1. The predicted molar refractivity (Wildman–Crippen MR) is 136 cm³/mol. The standard InChI is InChI=1S/C24H16BrClFNO5S2/c1-14-5-8-17(9-6-14)35(31,32)33-21-10-7-16(25)11-15(21)12-22-23(29)28(24(30)34-22)13-18-19(26)3-2-4-20(18)27/h2-12H,13H2,1H3/b22-12-. The Hall–Kier alpha value is -2.66. The molecular weight excluding hydrogens is 581 g/mol. The summed E-state index contributed by atoms with van der Waals surface area (Å²) in [5, 5.41) is -0.512. The minimum atomic E-state index is -4.15. The number of carbonyl (C=O) groups is 2. The molecule has 11 heteroatoms. The van der Waals surface area contributed by atoms with Gasteiger partial charge in [-0.05, 0) is 67.2 Å². The topological polar surface area (TPSA) is 80.8 Å². The Morgan fingerprint density at radius 1 is 1.11 bits per heavy atom. The molecule has 0 aromatic heterocycles. The zero-order chi connectivity index (χ0) is 25.3. The van der Waals surface area contributed by atoms with Gasteiger partial charge in [0.1, 0.15) is 16.5 Å². The van der Waals surface area contributed by atoms with Crippen LogP contribution >= 0.6 is 39.3 Å². The molecule has 1 saturated heterocycles. The largest absolute Gasteiger partial charge is 0.378 e. The first-order valence-corrected chi connectivity index (χ1v) is 13.4. The normalized spacial score (nSPS) is 15.2. The van der Waals surface area contributed by atoms with E-state index in [1.807, 2.05) is 6.92 Å². The van der Waals surface area contributed by atoms with E-state index in [0.717, 1.165) is 10.5 Å². The number of rotatable bonds is 6. The van der Waals surface area contributed by atoms with Crippen molar-refractivity contribution in [3.63, 3.8) is 0 Å². The van der Waals surface area contributed by atoms with Crippen LogP contribution in [-0.2, 0) is 21.5 Å². The molecule has 0 N–H and O–H groups in total. The second-order valence-corrected chi connectivity index (χ2v) is 11.4. The maximum Gasteiger partial charge on any atom is 0.339 e. The van der Waals surface area contributed by atoms with E-state index in [0.29, 0.717) is 16.2 Å². The quantitative estimate of drug-likeness (QED) is 0.237. The number of halogens is 3. The average Bonchev–Trinajstić information content (AvgIpc) is 3.05. The van der Waals surface area contributed by atoms with Gasteiger partial charge in [0.25, 0.3) is 11.1 Å². The van der Waals surface area contributed by atoms with Gasteiger partial charge in [0.2, 0.25) is 0 Å². The lowest BCUT2D eigenvalue weighted by molar-refractivity contribution is -0.123. The number of benzene rings is 3. The molecule has 1 fully saturated rings. The molecule has 35 heavy (non-hydrogen) atoms. The second-order valence-electron chi connectivity index (χ2n) is 7.50. The molecule has 0 unspecified atom stereocenters. The smallest absolute Gasteiger partial charge is 0.339 e. The van der Waals surface area contributed by atoms with E-state index in [9.17, 15) is 22.4 Å². The molecule has 3 aromatic carbocycles. The van der Waals surface area contributed by atoms with Crippen LogP contribution in [0, 0.1) is 12.7 Å². The van der Waals surface area contributed by atoms with E-state index >= 15 is 0 Å². The molecule has 2 amide bonds. The van der Waals surface area contributed by atoms with Crippen molar-refractivity contribution in [2.75, 3.05) is 0 Å². The molecule has 1 heterocycles. The van der Waals surface area contributed by atoms with Gasteiger partial charge in [-0.15, -0.1) is 0 Å². The van der Waals surface area contributed by atoms with E-state index in [4.69, 9.17) is 15.8 Å². The summed E-state index contributed by atoms with van der Waals surface area (Å²) in [5.41, 5.74) is 1.17. The number of hydrogen-bond acceptors (Lipinski definition) is 6. The monoisotopic (exact) mass is 595 g/mol. The lowest BCUT2D eigenvalue weighted by atomic mass is 10.1. The molecule has 3 aromatic rings. The SMILES string of the molecule is Cc1ccc(S(=O)(=O)Oc2ccc(Br)cc2/C=C2\SC(=O)N(Cc3c(F)cccc3Cl)C2=O)cc1. The number of nitrogens with zero attached hydrogens (tertiary/aromatic N) is 1. The molecule has 180 valence electrons. The van der Waals surface area contributed by atoms with Crippen LogP contribution in [-0.4, -0.2) is 24.5 Å². The summed E-state index contributed by atoms with van der Waals surface area (Å²) in [6, 6.07) is 14.8. The first-order valence-electron chi connectivity index (χ1n) is 10.0. The van der Waals surface area contributed by atoms with Gasteiger partial charge in [0.15, 0.2) is 0 Å². The molecule has 4 rings (SSSR count). The molecule has 1 aliphatic rings. The van der Waals surface area contributed by atoms with Crippen molar-refractivity contribution in [1.29, 1.82) is 0 Å². The minimum absolute atomic E-state index is 0.0217. The van der Waals surface area contributed by atoms with Crippen molar-refractivity contribution in [1.82, 2.24) is 4.90 Å². The van der Waals surface area contributed by atoms with Gasteiger partial charge in [-0.25, -0.2) is 4.39 Å². The highest BCUT2D eigenvalue weighted by Crippen LogP contribution is 2.37. The Balaban J connectivity index is 1.64. The van der Waals surface area contributed by atoms with Gasteiger partial charge in [0, 0.05) is 20.6 Å². The van der Waals surface area contributed by atoms with Gasteiger partial charge in [-0.1, -0.05) is 51.3 Å². The number of carbonyl (C=O) groups excluding carboxylic acids is 2. The van der Waals surface area contributed by atoms with E-state index < -0.39 is 27.1 Å². The van der Waals surface area contributed by atoms with Crippen molar-refractivity contribution in [2.45, 2.75) is 18.4 Å². The Morgan fingerprint density at radius 2 is 1.83 bits per heavy atom. The molecular formula is C24H16BrClFNO5S2. The third kappa shape index (κ3) is 5.61. The summed E-state index contributed by atoms with van der Waals surface area (Å²) in [6.07, 6.45) is 1.36. The maximum atomic E-state index is 14.2. The van der Waals surface area contributed by atoms with Gasteiger partial charge < -0.3 is 4.18 Å². The summed E-state index contributed by atoms with van der Waals surface area (Å²) in [7, 11) is -4.15. The van der Waals surface area contributed by atoms with Crippen molar-refractivity contribution < 1.29 is 26.6 Å². The zero-order valence-electron chi connectivity index (χ0n) is 18.0. The van der Waals surface area contributed by atoms with Crippen LogP contribution < -0.4 is 4.18 Å². The van der Waals surface area contributed by atoms with E-state index in [1.54, 1.807) is 24.3 Å². The van der Waals surface area contributed by atoms with Gasteiger partial charge in [-0.2, -0.15) is 8.42 Å². The summed E-state index contributed by atoms with van der Waals surface area (Å²) in [6.45, 7) is 1.49. The summed E-state index contributed by atoms with van der Waals surface area (Å²) in [5.74, 6) is -1.33. The third-order valence-electron chi connectivity index (χ3n) is 5.02. The van der Waals surface area contributed by atoms with E-state index in [2.05, 4.69) is 15.9 Å². The average molecular weight is 597 g/mol. The van der Waals surface area contributed by atoms with Crippen molar-refractivity contribution >= 4 is 66.6 Å². The molecule has 0 aliphatic carbocycles. The summed E-state index contributed by atoms with van der Waals surface area (Å²) < 4.78 is 45.7. The molecule has 1 aliphatic heterocycles. The molecule has 0 spiro atoms. The third-order valence-corrected chi connectivity index (χ3v) is 8.02. The van der Waals surface area contributed by atoms with Gasteiger partial charge in [-0.3, -0.25) is 14.5 Å². The second kappa shape index (κ2) is 10.1. The lowest BCUT2D eigenvalue weighted by Gasteiger charge is -2.14. The predicted octanol–water partition coefficient (Wildman–Crippen LogP) is 6.55. The molecule has 0 saturated carbocycles. The summed E-state index contributed by atoms with van der Waals surface area (Å²) in [4.78, 5) is 26.4. The fourth-order valence-electron chi connectivity index (χ4n) is 3.20. The highest BCUT2D eigenvalue weighted by Gasteiger charge is 2.36. The number of hydrogen-bond donors (Lipinski definition) is 0. The highest BCUT2D eigenvalue weighted by atomic mass is 79.9. The first-order chi connectivity index (χ1) is 16.5. The van der Waals surface area contributed by atoms with Crippen molar-refractivity contribution in [3.05, 3.63) is 97.6 Å². The Morgan fingerprint density at radius 3 is 2.51 bits per heavy atom. The van der Waals surface area contributed by atoms with Gasteiger partial charge >= 0.3 is 10.1 Å². The van der Waals surface area contributed by atoms with Crippen LogP contribution in [0.1, 0.15) is 16.7 Å². The zero-order valence-corrected chi connectivity index (χ0v) is 22.0. The van der Waals surface area contributed by atoms with Crippen LogP contribution in [0.4, 0.5) is 9.18 Å². The van der Waals surface area contributed by atoms with Gasteiger partial charge in [0.05, 0.1) is 11.4 Å². The Bertz CT molecular complexity index is 1460. The van der Waals surface area contributed by atoms with Crippen molar-refractivity contribution in [2.24, 2.45) is 0 Å². The molecule has 0 bridgehead atoms.